The second-order valence-electron chi connectivity index (χ2n) is 5.13. The molecule has 0 unspecified atom stereocenters. The quantitative estimate of drug-likeness (QED) is 0.769. The van der Waals surface area contributed by atoms with Gasteiger partial charge in [0.05, 0.1) is 17.2 Å². The summed E-state index contributed by atoms with van der Waals surface area (Å²) in [7, 11) is 0. The maximum Gasteiger partial charge on any atom is 0.263 e. The molecule has 3 aromatic rings. The van der Waals surface area contributed by atoms with Gasteiger partial charge in [-0.2, -0.15) is 0 Å². The second kappa shape index (κ2) is 4.19. The van der Waals surface area contributed by atoms with Gasteiger partial charge in [-0.15, -0.1) is 0 Å². The molecule has 0 saturated carbocycles. The molecule has 1 N–H and O–H groups in total. The fourth-order valence-corrected chi connectivity index (χ4v) is 2.32. The molecule has 98 valence electrons. The summed E-state index contributed by atoms with van der Waals surface area (Å²) in [4.78, 5) is 19.7. The lowest BCUT2D eigenvalue weighted by Crippen LogP contribution is -2.22. The van der Waals surface area contributed by atoms with E-state index in [1.165, 1.54) is 18.5 Å². The van der Waals surface area contributed by atoms with Crippen molar-refractivity contribution in [2.45, 2.75) is 20.4 Å². The van der Waals surface area contributed by atoms with Gasteiger partial charge in [0.2, 0.25) is 0 Å². The van der Waals surface area contributed by atoms with Gasteiger partial charge in [-0.25, -0.2) is 9.37 Å². The van der Waals surface area contributed by atoms with Crippen molar-refractivity contribution >= 4 is 21.9 Å². The number of halogens is 1. The van der Waals surface area contributed by atoms with Crippen molar-refractivity contribution in [3.05, 3.63) is 40.7 Å². The minimum absolute atomic E-state index is 0.0865. The standard InChI is InChI=1S/C14H14FN3O/c1-8(2)6-18-7-16-13-12(14(18)19)10-4-3-9(15)5-11(10)17-13/h3-5,7-8,17H,6H2,1-2H3. The van der Waals surface area contributed by atoms with Crippen molar-refractivity contribution in [1.82, 2.24) is 14.5 Å². The van der Waals surface area contributed by atoms with Crippen LogP contribution in [0.25, 0.3) is 21.9 Å². The van der Waals surface area contributed by atoms with E-state index >= 15 is 0 Å². The highest BCUT2D eigenvalue weighted by Crippen LogP contribution is 2.21. The van der Waals surface area contributed by atoms with E-state index in [0.717, 1.165) is 0 Å². The molecule has 0 aliphatic rings. The third-order valence-corrected chi connectivity index (χ3v) is 3.10. The summed E-state index contributed by atoms with van der Waals surface area (Å²) in [5, 5.41) is 1.24. The van der Waals surface area contributed by atoms with Crippen molar-refractivity contribution in [1.29, 1.82) is 0 Å². The van der Waals surface area contributed by atoms with Crippen LogP contribution in [0.4, 0.5) is 4.39 Å². The van der Waals surface area contributed by atoms with Crippen LogP contribution in [0, 0.1) is 11.7 Å². The summed E-state index contributed by atoms with van der Waals surface area (Å²) in [5.41, 5.74) is 1.02. The van der Waals surface area contributed by atoms with Crippen molar-refractivity contribution in [2.75, 3.05) is 0 Å². The molecule has 4 nitrogen and oxygen atoms in total. The Labute approximate surface area is 108 Å². The summed E-state index contributed by atoms with van der Waals surface area (Å²) in [6.07, 6.45) is 1.54. The zero-order valence-corrected chi connectivity index (χ0v) is 10.8. The Hall–Kier alpha value is -2.17. The van der Waals surface area contributed by atoms with Crippen LogP contribution in [0.3, 0.4) is 0 Å². The topological polar surface area (TPSA) is 50.7 Å². The van der Waals surface area contributed by atoms with Gasteiger partial charge in [0.25, 0.3) is 5.56 Å². The van der Waals surface area contributed by atoms with Gasteiger partial charge in [-0.1, -0.05) is 13.8 Å². The highest BCUT2D eigenvalue weighted by Gasteiger charge is 2.12. The molecule has 0 atom stereocenters. The molecule has 1 aromatic carbocycles. The molecule has 0 bridgehead atoms. The Balaban J connectivity index is 2.35. The number of nitrogens with one attached hydrogen (secondary N) is 1. The fourth-order valence-electron chi connectivity index (χ4n) is 2.32. The Bertz CT molecular complexity index is 817. The minimum atomic E-state index is -0.332. The molecule has 0 saturated heterocycles. The van der Waals surface area contributed by atoms with E-state index in [9.17, 15) is 9.18 Å². The molecule has 0 aliphatic heterocycles. The van der Waals surface area contributed by atoms with Crippen LogP contribution in [0.2, 0.25) is 0 Å². The summed E-state index contributed by atoms with van der Waals surface area (Å²) < 4.78 is 14.8. The lowest BCUT2D eigenvalue weighted by molar-refractivity contribution is 0.508. The van der Waals surface area contributed by atoms with Crippen molar-refractivity contribution in [2.24, 2.45) is 5.92 Å². The number of fused-ring (bicyclic) bond motifs is 3. The van der Waals surface area contributed by atoms with Crippen LogP contribution in [-0.2, 0) is 6.54 Å². The predicted molar refractivity (Wildman–Crippen MR) is 72.7 cm³/mol. The molecule has 5 heteroatoms. The Morgan fingerprint density at radius 1 is 1.42 bits per heavy atom. The van der Waals surface area contributed by atoms with E-state index in [1.807, 2.05) is 13.8 Å². The summed E-state index contributed by atoms with van der Waals surface area (Å²) >= 11 is 0. The second-order valence-corrected chi connectivity index (χ2v) is 5.13. The maximum atomic E-state index is 13.2. The first-order valence-corrected chi connectivity index (χ1v) is 6.22. The number of aromatic nitrogens is 3. The minimum Gasteiger partial charge on any atom is -0.339 e. The van der Waals surface area contributed by atoms with E-state index < -0.39 is 0 Å². The fraction of sp³-hybridized carbons (Fsp3) is 0.286. The molecule has 0 amide bonds. The summed E-state index contributed by atoms with van der Waals surface area (Å²) in [6, 6.07) is 4.35. The van der Waals surface area contributed by atoms with E-state index in [-0.39, 0.29) is 11.4 Å². The van der Waals surface area contributed by atoms with Crippen molar-refractivity contribution in [3.8, 4) is 0 Å². The van der Waals surface area contributed by atoms with Gasteiger partial charge in [-0.3, -0.25) is 9.36 Å². The van der Waals surface area contributed by atoms with E-state index in [2.05, 4.69) is 9.97 Å². The first-order valence-electron chi connectivity index (χ1n) is 6.22. The lowest BCUT2D eigenvalue weighted by Gasteiger charge is -2.07. The Kier molecular flexibility index (Phi) is 2.62. The molecule has 19 heavy (non-hydrogen) atoms. The largest absolute Gasteiger partial charge is 0.339 e. The van der Waals surface area contributed by atoms with E-state index in [0.29, 0.717) is 34.4 Å². The van der Waals surface area contributed by atoms with E-state index in [4.69, 9.17) is 0 Å². The van der Waals surface area contributed by atoms with Gasteiger partial charge >= 0.3 is 0 Å². The van der Waals surface area contributed by atoms with Crippen LogP contribution in [0.15, 0.2) is 29.3 Å². The highest BCUT2D eigenvalue weighted by atomic mass is 19.1. The predicted octanol–water partition coefficient (Wildman–Crippen LogP) is 2.67. The van der Waals surface area contributed by atoms with Gasteiger partial charge in [0.15, 0.2) is 0 Å². The van der Waals surface area contributed by atoms with Gasteiger partial charge in [0, 0.05) is 11.9 Å². The molecular formula is C14H14FN3O. The molecule has 2 aromatic heterocycles. The molecule has 3 rings (SSSR count). The molecule has 0 aliphatic carbocycles. The Morgan fingerprint density at radius 3 is 2.95 bits per heavy atom. The zero-order valence-electron chi connectivity index (χ0n) is 10.8. The number of rotatable bonds is 2. The highest BCUT2D eigenvalue weighted by molar-refractivity contribution is 6.05. The third-order valence-electron chi connectivity index (χ3n) is 3.10. The normalized spacial score (nSPS) is 11.8. The van der Waals surface area contributed by atoms with Gasteiger partial charge < -0.3 is 4.98 Å². The molecule has 0 radical (unpaired) electrons. The number of aromatic amines is 1. The number of hydrogen-bond acceptors (Lipinski definition) is 2. The van der Waals surface area contributed by atoms with Crippen LogP contribution in [-0.4, -0.2) is 14.5 Å². The average Bonchev–Trinajstić information content (AvgIpc) is 2.70. The molecule has 0 spiro atoms. The van der Waals surface area contributed by atoms with Crippen LogP contribution in [0.1, 0.15) is 13.8 Å². The summed E-state index contributed by atoms with van der Waals surface area (Å²) in [6.45, 7) is 4.71. The first kappa shape index (κ1) is 11.9. The van der Waals surface area contributed by atoms with Crippen LogP contribution in [0.5, 0.6) is 0 Å². The SMILES string of the molecule is CC(C)Cn1cnc2[nH]c3cc(F)ccc3c2c1=O. The van der Waals surface area contributed by atoms with Gasteiger partial charge in [-0.05, 0) is 24.1 Å². The lowest BCUT2D eigenvalue weighted by atomic mass is 10.2. The molecular weight excluding hydrogens is 245 g/mol. The van der Waals surface area contributed by atoms with Crippen LogP contribution < -0.4 is 5.56 Å². The third kappa shape index (κ3) is 1.91. The number of benzene rings is 1. The first-order chi connectivity index (χ1) is 9.06. The summed E-state index contributed by atoms with van der Waals surface area (Å²) in [5.74, 6) is 0.0289. The van der Waals surface area contributed by atoms with E-state index in [1.54, 1.807) is 10.6 Å². The monoisotopic (exact) mass is 259 g/mol. The van der Waals surface area contributed by atoms with Crippen molar-refractivity contribution < 1.29 is 4.39 Å². The number of nitrogens with zero attached hydrogens (tertiary/aromatic N) is 2. The van der Waals surface area contributed by atoms with Crippen LogP contribution >= 0.6 is 0 Å². The molecule has 2 heterocycles. The van der Waals surface area contributed by atoms with Gasteiger partial charge in [0.1, 0.15) is 11.5 Å². The number of H-pyrrole nitrogens is 1. The zero-order chi connectivity index (χ0) is 13.6. The average molecular weight is 259 g/mol. The molecule has 0 fully saturated rings. The number of hydrogen-bond donors (Lipinski definition) is 1. The smallest absolute Gasteiger partial charge is 0.263 e. The van der Waals surface area contributed by atoms with Crippen molar-refractivity contribution in [3.63, 3.8) is 0 Å². The Morgan fingerprint density at radius 2 is 2.21 bits per heavy atom. The maximum absolute atomic E-state index is 13.2.